The summed E-state index contributed by atoms with van der Waals surface area (Å²) < 4.78 is 0. The molecule has 1 fully saturated rings. The maximum atomic E-state index is 13.3. The Hall–Kier alpha value is -2.79. The second-order valence-electron chi connectivity index (χ2n) is 8.10. The lowest BCUT2D eigenvalue weighted by molar-refractivity contribution is -0.125. The number of hydrogen-bond acceptors (Lipinski definition) is 4. The summed E-state index contributed by atoms with van der Waals surface area (Å²) in [5, 5.41) is 5.32. The Balaban J connectivity index is 1.35. The minimum Gasteiger partial charge on any atom is -0.368 e. The fourth-order valence-electron chi connectivity index (χ4n) is 4.83. The van der Waals surface area contributed by atoms with Gasteiger partial charge in [0.25, 0.3) is 0 Å². The van der Waals surface area contributed by atoms with Gasteiger partial charge >= 0.3 is 0 Å². The zero-order valence-corrected chi connectivity index (χ0v) is 17.9. The Labute approximate surface area is 182 Å². The number of benzene rings is 2. The minimum atomic E-state index is -0.0326. The van der Waals surface area contributed by atoms with Crippen molar-refractivity contribution in [2.24, 2.45) is 5.92 Å². The molecule has 2 aliphatic rings. The predicted molar refractivity (Wildman–Crippen MR) is 124 cm³/mol. The lowest BCUT2D eigenvalue weighted by Crippen LogP contribution is -2.61. The molecule has 5 heteroatoms. The number of para-hydroxylation sites is 2. The summed E-state index contributed by atoms with van der Waals surface area (Å²) in [4.78, 5) is 19.5. The quantitative estimate of drug-likeness (QED) is 0.682. The highest BCUT2D eigenvalue weighted by atomic mass is 32.1. The van der Waals surface area contributed by atoms with E-state index in [1.54, 1.807) is 11.3 Å². The van der Waals surface area contributed by atoms with E-state index in [0.29, 0.717) is 6.54 Å². The molecule has 0 spiro atoms. The summed E-state index contributed by atoms with van der Waals surface area (Å²) in [5.41, 5.74) is 3.84. The second-order valence-corrected chi connectivity index (χ2v) is 9.13. The largest absolute Gasteiger partial charge is 0.368 e. The first kappa shape index (κ1) is 19.2. The van der Waals surface area contributed by atoms with Gasteiger partial charge in [-0.2, -0.15) is 0 Å². The molecule has 0 saturated carbocycles. The maximum Gasteiger partial charge on any atom is 0.225 e. The first-order valence-corrected chi connectivity index (χ1v) is 11.6. The Kier molecular flexibility index (Phi) is 5.45. The molecule has 3 aromatic rings. The molecule has 0 unspecified atom stereocenters. The molecule has 2 atom stereocenters. The number of thiophene rings is 1. The lowest BCUT2D eigenvalue weighted by atomic mass is 9.83. The van der Waals surface area contributed by atoms with Gasteiger partial charge in [-0.25, -0.2) is 0 Å². The molecule has 1 amide bonds. The molecule has 0 bridgehead atoms. The van der Waals surface area contributed by atoms with Gasteiger partial charge in [0, 0.05) is 42.4 Å². The van der Waals surface area contributed by atoms with Crippen LogP contribution in [-0.4, -0.2) is 38.1 Å². The van der Waals surface area contributed by atoms with Gasteiger partial charge in [0.15, 0.2) is 0 Å². The van der Waals surface area contributed by atoms with Crippen molar-refractivity contribution in [3.05, 3.63) is 82.6 Å². The van der Waals surface area contributed by atoms with E-state index >= 15 is 0 Å². The molecule has 30 heavy (non-hydrogen) atoms. The lowest BCUT2D eigenvalue weighted by Gasteiger charge is -2.49. The third kappa shape index (κ3) is 3.82. The summed E-state index contributed by atoms with van der Waals surface area (Å²) in [6, 6.07) is 23.6. The van der Waals surface area contributed by atoms with Gasteiger partial charge < -0.3 is 15.1 Å². The zero-order chi connectivity index (χ0) is 20.3. The highest BCUT2D eigenvalue weighted by Gasteiger charge is 2.41. The van der Waals surface area contributed by atoms with E-state index in [1.165, 1.54) is 21.8 Å². The van der Waals surface area contributed by atoms with Gasteiger partial charge in [0.1, 0.15) is 0 Å². The number of nitrogens with one attached hydrogen (secondary N) is 1. The number of fused-ring (bicyclic) bond motifs is 3. The number of carbonyl (C=O) groups excluding carboxylic acids is 1. The van der Waals surface area contributed by atoms with Gasteiger partial charge in [0.05, 0.1) is 12.0 Å². The standard InChI is InChI=1S/C25H27N3OS/c29-25(26-13-12-21-10-6-16-30-21)22-17-19-7-4-5-11-23(19)28-15-14-27(18-24(22)28)20-8-2-1-3-9-20/h1-11,16,22,24H,12-15,17-18H2,(H,26,29)/t22-,24+/m1/s1. The Morgan fingerprint density at radius 2 is 1.83 bits per heavy atom. The van der Waals surface area contributed by atoms with Crippen molar-refractivity contribution in [2.75, 3.05) is 36.0 Å². The van der Waals surface area contributed by atoms with Crippen LogP contribution in [0, 0.1) is 5.92 Å². The molecule has 2 aromatic carbocycles. The van der Waals surface area contributed by atoms with Gasteiger partial charge in [-0.05, 0) is 48.1 Å². The SMILES string of the molecule is O=C(NCCc1cccs1)[C@@H]1Cc2ccccc2N2CCN(c3ccccc3)C[C@@H]12. The normalized spacial score (nSPS) is 20.4. The monoisotopic (exact) mass is 417 g/mol. The Morgan fingerprint density at radius 1 is 1.00 bits per heavy atom. The second kappa shape index (κ2) is 8.52. The molecule has 2 aliphatic heterocycles. The number of hydrogen-bond donors (Lipinski definition) is 1. The highest BCUT2D eigenvalue weighted by Crippen LogP contribution is 2.36. The number of amides is 1. The van der Waals surface area contributed by atoms with Crippen molar-refractivity contribution in [1.29, 1.82) is 0 Å². The van der Waals surface area contributed by atoms with E-state index in [0.717, 1.165) is 32.5 Å². The van der Waals surface area contributed by atoms with Crippen molar-refractivity contribution in [3.8, 4) is 0 Å². The molecule has 1 saturated heterocycles. The topological polar surface area (TPSA) is 35.6 Å². The molecule has 154 valence electrons. The van der Waals surface area contributed by atoms with Crippen LogP contribution in [0.25, 0.3) is 0 Å². The third-order valence-corrected chi connectivity index (χ3v) is 7.27. The van der Waals surface area contributed by atoms with E-state index in [4.69, 9.17) is 0 Å². The molecule has 4 nitrogen and oxygen atoms in total. The van der Waals surface area contributed by atoms with Crippen molar-refractivity contribution in [1.82, 2.24) is 5.32 Å². The summed E-state index contributed by atoms with van der Waals surface area (Å²) >= 11 is 1.75. The van der Waals surface area contributed by atoms with Gasteiger partial charge in [-0.15, -0.1) is 11.3 Å². The molecular formula is C25H27N3OS. The van der Waals surface area contributed by atoms with E-state index in [9.17, 15) is 4.79 Å². The van der Waals surface area contributed by atoms with Crippen molar-refractivity contribution in [3.63, 3.8) is 0 Å². The molecule has 0 radical (unpaired) electrons. The minimum absolute atomic E-state index is 0.0326. The number of anilines is 2. The smallest absolute Gasteiger partial charge is 0.225 e. The zero-order valence-electron chi connectivity index (χ0n) is 17.0. The number of carbonyl (C=O) groups is 1. The van der Waals surface area contributed by atoms with Crippen LogP contribution in [-0.2, 0) is 17.6 Å². The van der Waals surface area contributed by atoms with E-state index < -0.39 is 0 Å². The summed E-state index contributed by atoms with van der Waals surface area (Å²) in [7, 11) is 0. The summed E-state index contributed by atoms with van der Waals surface area (Å²) in [6.45, 7) is 3.49. The average Bonchev–Trinajstić information content (AvgIpc) is 3.32. The van der Waals surface area contributed by atoms with Crippen LogP contribution >= 0.6 is 11.3 Å². The van der Waals surface area contributed by atoms with Crippen LogP contribution in [0.4, 0.5) is 11.4 Å². The number of piperazine rings is 1. The van der Waals surface area contributed by atoms with Crippen molar-refractivity contribution < 1.29 is 4.79 Å². The number of rotatable bonds is 5. The molecular weight excluding hydrogens is 390 g/mol. The van der Waals surface area contributed by atoms with Crippen LogP contribution in [0.15, 0.2) is 72.1 Å². The van der Waals surface area contributed by atoms with Gasteiger partial charge in [-0.1, -0.05) is 42.5 Å². The fourth-order valence-corrected chi connectivity index (χ4v) is 5.53. The van der Waals surface area contributed by atoms with Crippen LogP contribution in [0.3, 0.4) is 0 Å². The maximum absolute atomic E-state index is 13.3. The molecule has 5 rings (SSSR count). The van der Waals surface area contributed by atoms with E-state index in [1.807, 2.05) is 0 Å². The summed E-state index contributed by atoms with van der Waals surface area (Å²) in [5.74, 6) is 0.153. The van der Waals surface area contributed by atoms with Crippen molar-refractivity contribution in [2.45, 2.75) is 18.9 Å². The molecule has 1 N–H and O–H groups in total. The molecule has 1 aromatic heterocycles. The van der Waals surface area contributed by atoms with Gasteiger partial charge in [0.2, 0.25) is 5.91 Å². The van der Waals surface area contributed by atoms with Gasteiger partial charge in [-0.3, -0.25) is 4.79 Å². The average molecular weight is 418 g/mol. The van der Waals surface area contributed by atoms with Crippen LogP contribution in [0.1, 0.15) is 10.4 Å². The first-order valence-electron chi connectivity index (χ1n) is 10.7. The van der Waals surface area contributed by atoms with Crippen LogP contribution in [0.5, 0.6) is 0 Å². The highest BCUT2D eigenvalue weighted by molar-refractivity contribution is 7.09. The predicted octanol–water partition coefficient (Wildman–Crippen LogP) is 3.97. The van der Waals surface area contributed by atoms with Crippen molar-refractivity contribution >= 4 is 28.6 Å². The molecule has 3 heterocycles. The third-order valence-electron chi connectivity index (χ3n) is 6.33. The molecule has 0 aliphatic carbocycles. The first-order chi connectivity index (χ1) is 14.8. The summed E-state index contributed by atoms with van der Waals surface area (Å²) in [6.07, 6.45) is 1.71. The Morgan fingerprint density at radius 3 is 2.67 bits per heavy atom. The van der Waals surface area contributed by atoms with Crippen LogP contribution in [0.2, 0.25) is 0 Å². The Bertz CT molecular complexity index is 989. The van der Waals surface area contributed by atoms with E-state index in [2.05, 4.69) is 87.2 Å². The fraction of sp³-hybridized carbons (Fsp3) is 0.320. The number of nitrogens with zero attached hydrogens (tertiary/aromatic N) is 2. The van der Waals surface area contributed by atoms with E-state index in [-0.39, 0.29) is 17.9 Å². The van der Waals surface area contributed by atoms with Crippen LogP contribution < -0.4 is 15.1 Å².